The first-order valence-corrected chi connectivity index (χ1v) is 7.48. The number of sulfonamides is 1. The van der Waals surface area contributed by atoms with E-state index in [1.165, 1.54) is 6.07 Å². The summed E-state index contributed by atoms with van der Waals surface area (Å²) in [6.45, 7) is 3.05. The minimum absolute atomic E-state index is 0.207. The third kappa shape index (κ3) is 2.44. The summed E-state index contributed by atoms with van der Waals surface area (Å²) in [5.41, 5.74) is 1.54. The second kappa shape index (κ2) is 4.52. The molecule has 7 heteroatoms. The Balaban J connectivity index is 2.00. The molecule has 6 nitrogen and oxygen atoms in total. The first-order valence-electron chi connectivity index (χ1n) is 5.93. The quantitative estimate of drug-likeness (QED) is 0.885. The summed E-state index contributed by atoms with van der Waals surface area (Å²) >= 11 is 0. The number of anilines is 1. The summed E-state index contributed by atoms with van der Waals surface area (Å²) < 4.78 is 33.0. The fourth-order valence-corrected chi connectivity index (χ4v) is 2.66. The van der Waals surface area contributed by atoms with Crippen LogP contribution in [0.4, 0.5) is 5.69 Å². The molecular weight excluding hydrogens is 268 g/mol. The zero-order valence-corrected chi connectivity index (χ0v) is 11.0. The van der Waals surface area contributed by atoms with Crippen molar-refractivity contribution in [1.29, 1.82) is 0 Å². The Morgan fingerprint density at radius 3 is 2.58 bits per heavy atom. The molecule has 2 aromatic rings. The Labute approximate surface area is 110 Å². The van der Waals surface area contributed by atoms with Crippen LogP contribution in [0.1, 0.15) is 0 Å². The number of nitrogens with zero attached hydrogens (tertiary/aromatic N) is 1. The molecule has 1 aromatic carbocycles. The number of morpholine rings is 1. The lowest BCUT2D eigenvalue weighted by Gasteiger charge is -2.28. The van der Waals surface area contributed by atoms with Gasteiger partial charge in [0, 0.05) is 30.2 Å². The van der Waals surface area contributed by atoms with Crippen molar-refractivity contribution in [2.75, 3.05) is 31.2 Å². The second-order valence-corrected chi connectivity index (χ2v) is 5.92. The van der Waals surface area contributed by atoms with E-state index in [-0.39, 0.29) is 5.09 Å². The maximum absolute atomic E-state index is 11.2. The van der Waals surface area contributed by atoms with Crippen molar-refractivity contribution >= 4 is 26.7 Å². The molecule has 1 fully saturated rings. The van der Waals surface area contributed by atoms with Gasteiger partial charge in [0.25, 0.3) is 10.0 Å². The summed E-state index contributed by atoms with van der Waals surface area (Å²) in [6, 6.07) is 7.02. The predicted molar refractivity (Wildman–Crippen MR) is 70.6 cm³/mol. The fraction of sp³-hybridized carbons (Fsp3) is 0.333. The van der Waals surface area contributed by atoms with Crippen LogP contribution >= 0.6 is 0 Å². The molecule has 0 saturated carbocycles. The molecule has 0 unspecified atom stereocenters. The van der Waals surface area contributed by atoms with E-state index >= 15 is 0 Å². The van der Waals surface area contributed by atoms with E-state index in [9.17, 15) is 8.42 Å². The Morgan fingerprint density at radius 1 is 1.16 bits per heavy atom. The number of benzene rings is 1. The Kier molecular flexibility index (Phi) is 2.96. The van der Waals surface area contributed by atoms with Crippen molar-refractivity contribution in [3.05, 3.63) is 24.3 Å². The molecule has 0 aliphatic carbocycles. The van der Waals surface area contributed by atoms with Gasteiger partial charge in [-0.15, -0.1) is 0 Å². The lowest BCUT2D eigenvalue weighted by atomic mass is 10.2. The van der Waals surface area contributed by atoms with E-state index in [2.05, 4.69) is 4.90 Å². The molecular formula is C12H14N2O4S. The molecule has 3 rings (SSSR count). The highest BCUT2D eigenvalue weighted by atomic mass is 32.2. The average molecular weight is 282 g/mol. The van der Waals surface area contributed by atoms with Crippen molar-refractivity contribution in [3.8, 4) is 0 Å². The van der Waals surface area contributed by atoms with Crippen LogP contribution in [0, 0.1) is 0 Å². The molecule has 2 heterocycles. The summed E-state index contributed by atoms with van der Waals surface area (Å²) in [7, 11) is -3.80. The number of hydrogen-bond acceptors (Lipinski definition) is 5. The number of nitrogens with two attached hydrogens (primary N) is 1. The van der Waals surface area contributed by atoms with Crippen LogP contribution in [-0.2, 0) is 14.8 Å². The van der Waals surface area contributed by atoms with Gasteiger partial charge < -0.3 is 14.1 Å². The van der Waals surface area contributed by atoms with Gasteiger partial charge in [0.1, 0.15) is 5.58 Å². The van der Waals surface area contributed by atoms with Gasteiger partial charge in [0.2, 0.25) is 5.09 Å². The first kappa shape index (κ1) is 12.5. The molecule has 1 aliphatic rings. The molecule has 102 valence electrons. The van der Waals surface area contributed by atoms with Crippen LogP contribution in [0.2, 0.25) is 0 Å². The highest BCUT2D eigenvalue weighted by Gasteiger charge is 2.16. The third-order valence-corrected chi connectivity index (χ3v) is 3.90. The fourth-order valence-electron chi connectivity index (χ4n) is 2.16. The molecule has 0 bridgehead atoms. The van der Waals surface area contributed by atoms with Crippen molar-refractivity contribution < 1.29 is 17.6 Å². The van der Waals surface area contributed by atoms with Gasteiger partial charge >= 0.3 is 0 Å². The highest BCUT2D eigenvalue weighted by molar-refractivity contribution is 7.89. The van der Waals surface area contributed by atoms with E-state index in [0.717, 1.165) is 24.2 Å². The number of hydrogen-bond donors (Lipinski definition) is 1. The van der Waals surface area contributed by atoms with Gasteiger partial charge in [-0.2, -0.15) is 0 Å². The largest absolute Gasteiger partial charge is 0.443 e. The normalized spacial score (nSPS) is 17.0. The zero-order chi connectivity index (χ0) is 13.5. The van der Waals surface area contributed by atoms with Crippen molar-refractivity contribution in [1.82, 2.24) is 0 Å². The average Bonchev–Trinajstić information content (AvgIpc) is 2.82. The highest BCUT2D eigenvalue weighted by Crippen LogP contribution is 2.27. The van der Waals surface area contributed by atoms with Crippen molar-refractivity contribution in [2.45, 2.75) is 5.09 Å². The minimum Gasteiger partial charge on any atom is -0.443 e. The number of furan rings is 1. The molecule has 1 aliphatic heterocycles. The lowest BCUT2D eigenvalue weighted by Crippen LogP contribution is -2.36. The summed E-state index contributed by atoms with van der Waals surface area (Å²) in [6.07, 6.45) is 0. The Morgan fingerprint density at radius 2 is 1.89 bits per heavy atom. The van der Waals surface area contributed by atoms with Gasteiger partial charge in [0.15, 0.2) is 0 Å². The summed E-state index contributed by atoms with van der Waals surface area (Å²) in [4.78, 5) is 2.19. The summed E-state index contributed by atoms with van der Waals surface area (Å²) in [5, 5.41) is 5.58. The Bertz CT molecular complexity index is 702. The van der Waals surface area contributed by atoms with Gasteiger partial charge in [-0.05, 0) is 18.2 Å². The van der Waals surface area contributed by atoms with E-state index in [0.29, 0.717) is 18.8 Å². The molecule has 0 atom stereocenters. The predicted octanol–water partition coefficient (Wildman–Crippen LogP) is 0.917. The second-order valence-electron chi connectivity index (χ2n) is 4.43. The lowest BCUT2D eigenvalue weighted by molar-refractivity contribution is 0.122. The topological polar surface area (TPSA) is 85.8 Å². The maximum atomic E-state index is 11.2. The number of fused-ring (bicyclic) bond motifs is 1. The Hall–Kier alpha value is -1.57. The molecule has 2 N–H and O–H groups in total. The van der Waals surface area contributed by atoms with Gasteiger partial charge in [0.05, 0.1) is 13.2 Å². The van der Waals surface area contributed by atoms with Crippen molar-refractivity contribution in [3.63, 3.8) is 0 Å². The molecule has 0 spiro atoms. The van der Waals surface area contributed by atoms with Gasteiger partial charge in [-0.3, -0.25) is 0 Å². The van der Waals surface area contributed by atoms with Crippen LogP contribution in [0.15, 0.2) is 33.8 Å². The molecule has 19 heavy (non-hydrogen) atoms. The van der Waals surface area contributed by atoms with Crippen LogP contribution in [0.5, 0.6) is 0 Å². The van der Waals surface area contributed by atoms with Gasteiger partial charge in [-0.25, -0.2) is 13.6 Å². The van der Waals surface area contributed by atoms with E-state index < -0.39 is 10.0 Å². The molecule has 0 amide bonds. The van der Waals surface area contributed by atoms with E-state index in [1.54, 1.807) is 6.07 Å². The number of rotatable bonds is 2. The third-order valence-electron chi connectivity index (χ3n) is 3.13. The SMILES string of the molecule is NS(=O)(=O)c1cc2cc(N3CCOCC3)ccc2o1. The molecule has 1 saturated heterocycles. The van der Waals surface area contributed by atoms with Crippen LogP contribution in [-0.4, -0.2) is 34.7 Å². The number of ether oxygens (including phenoxy) is 1. The minimum atomic E-state index is -3.80. The standard InChI is InChI=1S/C12H14N2O4S/c13-19(15,16)12-8-9-7-10(1-2-11(9)18-12)14-3-5-17-6-4-14/h1-2,7-8H,3-6H2,(H2,13,15,16). The molecule has 1 aromatic heterocycles. The smallest absolute Gasteiger partial charge is 0.271 e. The first-order chi connectivity index (χ1) is 9.04. The maximum Gasteiger partial charge on any atom is 0.271 e. The van der Waals surface area contributed by atoms with Crippen LogP contribution in [0.3, 0.4) is 0 Å². The zero-order valence-electron chi connectivity index (χ0n) is 10.2. The molecule has 0 radical (unpaired) electrons. The van der Waals surface area contributed by atoms with E-state index in [1.807, 2.05) is 12.1 Å². The van der Waals surface area contributed by atoms with E-state index in [4.69, 9.17) is 14.3 Å². The van der Waals surface area contributed by atoms with Crippen LogP contribution < -0.4 is 10.0 Å². The summed E-state index contributed by atoms with van der Waals surface area (Å²) in [5.74, 6) is 0. The van der Waals surface area contributed by atoms with Crippen molar-refractivity contribution in [2.24, 2.45) is 5.14 Å². The number of primary sulfonamides is 1. The van der Waals surface area contributed by atoms with Crippen LogP contribution in [0.25, 0.3) is 11.0 Å². The monoisotopic (exact) mass is 282 g/mol. The van der Waals surface area contributed by atoms with Gasteiger partial charge in [-0.1, -0.05) is 0 Å².